The van der Waals surface area contributed by atoms with Gasteiger partial charge in [0.2, 0.25) is 0 Å². The van der Waals surface area contributed by atoms with Gasteiger partial charge in [-0.3, -0.25) is 0 Å². The van der Waals surface area contributed by atoms with Crippen molar-refractivity contribution in [2.75, 3.05) is 32.7 Å². The highest BCUT2D eigenvalue weighted by Gasteiger charge is 2.17. The number of nitrogens with one attached hydrogen (secondary N) is 1. The van der Waals surface area contributed by atoms with Gasteiger partial charge < -0.3 is 19.5 Å². The number of ether oxygens (including phenoxy) is 3. The van der Waals surface area contributed by atoms with Gasteiger partial charge in [-0.1, -0.05) is 13.0 Å². The molecule has 1 aromatic heterocycles. The predicted molar refractivity (Wildman–Crippen MR) is 111 cm³/mol. The van der Waals surface area contributed by atoms with E-state index in [0.29, 0.717) is 24.0 Å². The highest BCUT2D eigenvalue weighted by Crippen LogP contribution is 2.28. The average Bonchev–Trinajstić information content (AvgIpc) is 2.67. The molecule has 0 saturated carbocycles. The van der Waals surface area contributed by atoms with Gasteiger partial charge in [0.15, 0.2) is 16.5 Å². The van der Waals surface area contributed by atoms with Crippen molar-refractivity contribution in [1.29, 1.82) is 0 Å². The van der Waals surface area contributed by atoms with Crippen LogP contribution in [0.5, 0.6) is 11.5 Å². The van der Waals surface area contributed by atoms with Gasteiger partial charge in [0.25, 0.3) is 0 Å². The molecule has 1 heterocycles. The fourth-order valence-electron chi connectivity index (χ4n) is 2.79. The SMILES string of the molecule is CCOC(=S)c1c(CC)nc(C)nc1NCCc1ccc(OC)c(OC)c1. The number of hydrogen-bond donors (Lipinski definition) is 1. The summed E-state index contributed by atoms with van der Waals surface area (Å²) in [5.74, 6) is 2.87. The molecule has 0 radical (unpaired) electrons. The van der Waals surface area contributed by atoms with Crippen LogP contribution >= 0.6 is 12.2 Å². The minimum atomic E-state index is 0.433. The molecule has 1 aromatic carbocycles. The number of anilines is 1. The van der Waals surface area contributed by atoms with Gasteiger partial charge in [-0.25, -0.2) is 9.97 Å². The Balaban J connectivity index is 2.17. The zero-order valence-electron chi connectivity index (χ0n) is 16.6. The lowest BCUT2D eigenvalue weighted by atomic mass is 10.1. The summed E-state index contributed by atoms with van der Waals surface area (Å²) >= 11 is 5.44. The van der Waals surface area contributed by atoms with Crippen LogP contribution in [0.15, 0.2) is 18.2 Å². The summed E-state index contributed by atoms with van der Waals surface area (Å²) in [5.41, 5.74) is 2.82. The van der Waals surface area contributed by atoms with Crippen LogP contribution in [0.3, 0.4) is 0 Å². The van der Waals surface area contributed by atoms with E-state index >= 15 is 0 Å². The molecule has 0 atom stereocenters. The maximum atomic E-state index is 5.55. The van der Waals surface area contributed by atoms with Crippen molar-refractivity contribution >= 4 is 23.1 Å². The second-order valence-corrected chi connectivity index (χ2v) is 6.25. The molecule has 1 N–H and O–H groups in total. The Kier molecular flexibility index (Phi) is 7.79. The fraction of sp³-hybridized carbons (Fsp3) is 0.450. The fourth-order valence-corrected chi connectivity index (χ4v) is 3.13. The average molecular weight is 390 g/mol. The first-order valence-corrected chi connectivity index (χ1v) is 9.44. The maximum absolute atomic E-state index is 5.55. The summed E-state index contributed by atoms with van der Waals surface area (Å²) in [5, 5.41) is 3.83. The van der Waals surface area contributed by atoms with Crippen LogP contribution in [0.4, 0.5) is 5.82 Å². The van der Waals surface area contributed by atoms with Crippen molar-refractivity contribution in [1.82, 2.24) is 9.97 Å². The lowest BCUT2D eigenvalue weighted by Gasteiger charge is -2.16. The molecular weight excluding hydrogens is 362 g/mol. The van der Waals surface area contributed by atoms with Crippen molar-refractivity contribution < 1.29 is 14.2 Å². The molecule has 0 unspecified atom stereocenters. The Bertz CT molecular complexity index is 796. The van der Waals surface area contributed by atoms with Gasteiger partial charge in [0, 0.05) is 6.54 Å². The van der Waals surface area contributed by atoms with E-state index in [-0.39, 0.29) is 0 Å². The molecule has 6 nitrogen and oxygen atoms in total. The number of benzene rings is 1. The molecule has 0 bridgehead atoms. The molecule has 0 aliphatic carbocycles. The minimum absolute atomic E-state index is 0.433. The van der Waals surface area contributed by atoms with E-state index in [4.69, 9.17) is 26.4 Å². The van der Waals surface area contributed by atoms with Gasteiger partial charge in [0.1, 0.15) is 11.6 Å². The Morgan fingerprint density at radius 3 is 2.48 bits per heavy atom. The molecule has 0 spiro atoms. The van der Waals surface area contributed by atoms with E-state index in [1.165, 1.54) is 0 Å². The normalized spacial score (nSPS) is 10.4. The quantitative estimate of drug-likeness (QED) is 0.656. The molecule has 0 aliphatic rings. The summed E-state index contributed by atoms with van der Waals surface area (Å²) in [4.78, 5) is 9.06. The Morgan fingerprint density at radius 2 is 1.85 bits per heavy atom. The van der Waals surface area contributed by atoms with E-state index < -0.39 is 0 Å². The number of hydrogen-bond acceptors (Lipinski definition) is 7. The van der Waals surface area contributed by atoms with Crippen LogP contribution in [-0.4, -0.2) is 42.4 Å². The van der Waals surface area contributed by atoms with Crippen molar-refractivity contribution in [3.8, 4) is 11.5 Å². The lowest BCUT2D eigenvalue weighted by Crippen LogP contribution is -2.17. The van der Waals surface area contributed by atoms with E-state index in [0.717, 1.165) is 47.0 Å². The van der Waals surface area contributed by atoms with E-state index in [1.807, 2.05) is 39.0 Å². The maximum Gasteiger partial charge on any atom is 0.196 e. The molecule has 7 heteroatoms. The lowest BCUT2D eigenvalue weighted by molar-refractivity contribution is 0.337. The molecule has 0 fully saturated rings. The third-order valence-corrected chi connectivity index (χ3v) is 4.39. The van der Waals surface area contributed by atoms with Crippen molar-refractivity contribution in [2.24, 2.45) is 0 Å². The first kappa shape index (κ1) is 20.9. The number of methoxy groups -OCH3 is 2. The van der Waals surface area contributed by atoms with Gasteiger partial charge >= 0.3 is 0 Å². The highest BCUT2D eigenvalue weighted by molar-refractivity contribution is 7.80. The highest BCUT2D eigenvalue weighted by atomic mass is 32.1. The summed E-state index contributed by atoms with van der Waals surface area (Å²) in [6, 6.07) is 5.92. The number of nitrogens with zero attached hydrogens (tertiary/aromatic N) is 2. The van der Waals surface area contributed by atoms with E-state index in [2.05, 4.69) is 15.3 Å². The summed E-state index contributed by atoms with van der Waals surface area (Å²) in [7, 11) is 3.27. The molecule has 0 saturated heterocycles. The number of rotatable bonds is 9. The first-order valence-electron chi connectivity index (χ1n) is 9.03. The van der Waals surface area contributed by atoms with Crippen LogP contribution in [0.2, 0.25) is 0 Å². The molecule has 0 amide bonds. The van der Waals surface area contributed by atoms with Crippen molar-refractivity contribution in [3.63, 3.8) is 0 Å². The third kappa shape index (κ3) is 5.29. The second-order valence-electron chi connectivity index (χ2n) is 5.88. The molecule has 27 heavy (non-hydrogen) atoms. The Labute approximate surface area is 166 Å². The largest absolute Gasteiger partial charge is 0.493 e. The van der Waals surface area contributed by atoms with Crippen molar-refractivity contribution in [3.05, 3.63) is 40.8 Å². The number of aryl methyl sites for hydroxylation is 2. The van der Waals surface area contributed by atoms with Crippen molar-refractivity contribution in [2.45, 2.75) is 33.6 Å². The Hall–Kier alpha value is -2.41. The van der Waals surface area contributed by atoms with Gasteiger partial charge in [-0.2, -0.15) is 0 Å². The topological polar surface area (TPSA) is 65.5 Å². The van der Waals surface area contributed by atoms with Crippen LogP contribution in [0, 0.1) is 6.92 Å². The van der Waals surface area contributed by atoms with Gasteiger partial charge in [-0.05, 0) is 56.6 Å². The number of thiocarbonyl (C=S) groups is 1. The molecule has 0 aliphatic heterocycles. The molecule has 146 valence electrons. The summed E-state index contributed by atoms with van der Waals surface area (Å²) in [6.07, 6.45) is 1.56. The van der Waals surface area contributed by atoms with Crippen LogP contribution in [0.1, 0.15) is 36.5 Å². The zero-order chi connectivity index (χ0) is 19.8. The van der Waals surface area contributed by atoms with Gasteiger partial charge in [-0.15, -0.1) is 0 Å². The molecular formula is C20H27N3O3S. The Morgan fingerprint density at radius 1 is 1.11 bits per heavy atom. The summed E-state index contributed by atoms with van der Waals surface area (Å²) < 4.78 is 16.2. The summed E-state index contributed by atoms with van der Waals surface area (Å²) in [6.45, 7) is 7.05. The van der Waals surface area contributed by atoms with Crippen LogP contribution < -0.4 is 14.8 Å². The van der Waals surface area contributed by atoms with Gasteiger partial charge in [0.05, 0.1) is 32.1 Å². The smallest absolute Gasteiger partial charge is 0.196 e. The molecule has 2 rings (SSSR count). The van der Waals surface area contributed by atoms with Crippen LogP contribution in [0.25, 0.3) is 0 Å². The minimum Gasteiger partial charge on any atom is -0.493 e. The third-order valence-electron chi connectivity index (χ3n) is 4.06. The standard InChI is InChI=1S/C20H27N3O3S/c1-6-15-18(20(27)26-7-2)19(23-13(3)22-15)21-11-10-14-8-9-16(24-4)17(12-14)25-5/h8-9,12H,6-7,10-11H2,1-5H3,(H,21,22,23). The zero-order valence-corrected chi connectivity index (χ0v) is 17.4. The second kappa shape index (κ2) is 10.1. The predicted octanol–water partition coefficient (Wildman–Crippen LogP) is 3.73. The number of aromatic nitrogens is 2. The first-order chi connectivity index (χ1) is 13.0. The monoisotopic (exact) mass is 389 g/mol. The van der Waals surface area contributed by atoms with E-state index in [9.17, 15) is 0 Å². The van der Waals surface area contributed by atoms with E-state index in [1.54, 1.807) is 14.2 Å². The van der Waals surface area contributed by atoms with Crippen LogP contribution in [-0.2, 0) is 17.6 Å². The molecule has 2 aromatic rings.